The fourth-order valence-corrected chi connectivity index (χ4v) is 1.95. The Morgan fingerprint density at radius 3 is 2.62 bits per heavy atom. The monoisotopic (exact) mass is 186 g/mol. The number of rotatable bonds is 2. The Morgan fingerprint density at radius 1 is 0.923 bits per heavy atom. The Hall–Kier alpha value is -0.120. The molecule has 0 N–H and O–H groups in total. The molecule has 1 unspecified atom stereocenters. The maximum atomic E-state index is 5.83. The molecular formula is C10H18O3. The van der Waals surface area contributed by atoms with E-state index in [1.54, 1.807) is 0 Å². The van der Waals surface area contributed by atoms with Crippen LogP contribution in [0.25, 0.3) is 0 Å². The van der Waals surface area contributed by atoms with Crippen LogP contribution in [0.2, 0.25) is 0 Å². The van der Waals surface area contributed by atoms with Crippen LogP contribution in [0.15, 0.2) is 0 Å². The molecule has 0 aromatic carbocycles. The van der Waals surface area contributed by atoms with Gasteiger partial charge in [0.05, 0.1) is 25.9 Å². The smallest absolute Gasteiger partial charge is 0.160 e. The van der Waals surface area contributed by atoms with Crippen LogP contribution in [-0.4, -0.2) is 32.2 Å². The Kier molecular flexibility index (Phi) is 3.58. The first kappa shape index (κ1) is 9.44. The lowest BCUT2D eigenvalue weighted by atomic mass is 10.3. The van der Waals surface area contributed by atoms with E-state index >= 15 is 0 Å². The molecule has 1 heterocycles. The predicted octanol–water partition coefficient (Wildman–Crippen LogP) is 1.71. The summed E-state index contributed by atoms with van der Waals surface area (Å²) in [6.45, 7) is 2.17. The molecule has 0 aromatic rings. The molecule has 0 amide bonds. The van der Waals surface area contributed by atoms with E-state index in [9.17, 15) is 0 Å². The first-order valence-corrected chi connectivity index (χ1v) is 5.30. The van der Waals surface area contributed by atoms with Gasteiger partial charge in [0.15, 0.2) is 6.29 Å². The summed E-state index contributed by atoms with van der Waals surface area (Å²) in [6.07, 6.45) is 6.37. The van der Waals surface area contributed by atoms with E-state index in [2.05, 4.69) is 0 Å². The average Bonchev–Trinajstić information content (AvgIpc) is 2.49. The zero-order chi connectivity index (χ0) is 8.93. The molecule has 1 aliphatic carbocycles. The average molecular weight is 186 g/mol. The molecule has 76 valence electrons. The van der Waals surface area contributed by atoms with Gasteiger partial charge in [0.2, 0.25) is 0 Å². The highest BCUT2D eigenvalue weighted by molar-refractivity contribution is 4.67. The molecule has 3 heteroatoms. The molecule has 3 nitrogen and oxygen atoms in total. The number of ether oxygens (including phenoxy) is 3. The second-order valence-electron chi connectivity index (χ2n) is 3.74. The summed E-state index contributed by atoms with van der Waals surface area (Å²) >= 11 is 0. The highest BCUT2D eigenvalue weighted by Gasteiger charge is 2.21. The van der Waals surface area contributed by atoms with Gasteiger partial charge in [-0.05, 0) is 12.8 Å². The van der Waals surface area contributed by atoms with Crippen molar-refractivity contribution < 1.29 is 14.2 Å². The van der Waals surface area contributed by atoms with Gasteiger partial charge >= 0.3 is 0 Å². The van der Waals surface area contributed by atoms with Gasteiger partial charge in [-0.3, -0.25) is 0 Å². The molecule has 1 saturated carbocycles. The molecule has 1 atom stereocenters. The van der Waals surface area contributed by atoms with E-state index in [0.29, 0.717) is 19.3 Å². The van der Waals surface area contributed by atoms with E-state index in [1.165, 1.54) is 25.7 Å². The Morgan fingerprint density at radius 2 is 1.77 bits per heavy atom. The summed E-state index contributed by atoms with van der Waals surface area (Å²) in [4.78, 5) is 0. The summed E-state index contributed by atoms with van der Waals surface area (Å²) in [5.41, 5.74) is 0. The molecular weight excluding hydrogens is 168 g/mol. The first-order chi connectivity index (χ1) is 6.45. The van der Waals surface area contributed by atoms with Gasteiger partial charge in [-0.15, -0.1) is 0 Å². The van der Waals surface area contributed by atoms with Crippen molar-refractivity contribution in [1.82, 2.24) is 0 Å². The van der Waals surface area contributed by atoms with Crippen LogP contribution in [0.3, 0.4) is 0 Å². The van der Waals surface area contributed by atoms with Crippen LogP contribution in [0, 0.1) is 0 Å². The van der Waals surface area contributed by atoms with Gasteiger partial charge in [0, 0.05) is 6.42 Å². The van der Waals surface area contributed by atoms with Gasteiger partial charge < -0.3 is 14.2 Å². The molecule has 0 radical (unpaired) electrons. The van der Waals surface area contributed by atoms with Crippen LogP contribution in [0.5, 0.6) is 0 Å². The standard InChI is InChI=1S/C10H18O3/c1-2-4-9(3-1)13-10-5-6-11-7-8-12-10/h9-10H,1-8H2. The van der Waals surface area contributed by atoms with Gasteiger partial charge in [0.1, 0.15) is 0 Å². The molecule has 2 fully saturated rings. The van der Waals surface area contributed by atoms with E-state index < -0.39 is 0 Å². The molecule has 2 rings (SSSR count). The maximum Gasteiger partial charge on any atom is 0.160 e. The third-order valence-electron chi connectivity index (χ3n) is 2.68. The Bertz CT molecular complexity index is 135. The highest BCUT2D eigenvalue weighted by Crippen LogP contribution is 2.23. The minimum atomic E-state index is -0.00870. The van der Waals surface area contributed by atoms with Crippen molar-refractivity contribution in [3.63, 3.8) is 0 Å². The topological polar surface area (TPSA) is 27.7 Å². The second-order valence-corrected chi connectivity index (χ2v) is 3.74. The lowest BCUT2D eigenvalue weighted by Crippen LogP contribution is -2.23. The number of hydrogen-bond acceptors (Lipinski definition) is 3. The molecule has 0 spiro atoms. The molecule has 1 saturated heterocycles. The van der Waals surface area contributed by atoms with Crippen LogP contribution < -0.4 is 0 Å². The minimum Gasteiger partial charge on any atom is -0.379 e. The van der Waals surface area contributed by atoms with Crippen LogP contribution >= 0.6 is 0 Å². The van der Waals surface area contributed by atoms with Crippen molar-refractivity contribution in [2.45, 2.75) is 44.5 Å². The molecule has 13 heavy (non-hydrogen) atoms. The van der Waals surface area contributed by atoms with E-state index in [0.717, 1.165) is 13.0 Å². The van der Waals surface area contributed by atoms with Crippen molar-refractivity contribution in [3.8, 4) is 0 Å². The van der Waals surface area contributed by atoms with Gasteiger partial charge in [-0.25, -0.2) is 0 Å². The maximum absolute atomic E-state index is 5.83. The fraction of sp³-hybridized carbons (Fsp3) is 1.00. The molecule has 2 aliphatic rings. The zero-order valence-electron chi connectivity index (χ0n) is 8.04. The summed E-state index contributed by atoms with van der Waals surface area (Å²) < 4.78 is 16.6. The quantitative estimate of drug-likeness (QED) is 0.657. The lowest BCUT2D eigenvalue weighted by Gasteiger charge is -2.19. The Balaban J connectivity index is 1.71. The highest BCUT2D eigenvalue weighted by atomic mass is 16.7. The van der Waals surface area contributed by atoms with Gasteiger partial charge in [0.25, 0.3) is 0 Å². The molecule has 0 bridgehead atoms. The summed E-state index contributed by atoms with van der Waals surface area (Å²) in [7, 11) is 0. The summed E-state index contributed by atoms with van der Waals surface area (Å²) in [6, 6.07) is 0. The SMILES string of the molecule is C1CCC(OC2CCOCCO2)C1. The lowest BCUT2D eigenvalue weighted by molar-refractivity contribution is -0.164. The van der Waals surface area contributed by atoms with E-state index in [-0.39, 0.29) is 6.29 Å². The van der Waals surface area contributed by atoms with Crippen LogP contribution in [0.1, 0.15) is 32.1 Å². The van der Waals surface area contributed by atoms with E-state index in [1.807, 2.05) is 0 Å². The molecule has 0 aromatic heterocycles. The van der Waals surface area contributed by atoms with Crippen LogP contribution in [0.4, 0.5) is 0 Å². The van der Waals surface area contributed by atoms with Crippen molar-refractivity contribution in [1.29, 1.82) is 0 Å². The van der Waals surface area contributed by atoms with Gasteiger partial charge in [-0.2, -0.15) is 0 Å². The van der Waals surface area contributed by atoms with Gasteiger partial charge in [-0.1, -0.05) is 12.8 Å². The normalized spacial score (nSPS) is 31.8. The fourth-order valence-electron chi connectivity index (χ4n) is 1.95. The predicted molar refractivity (Wildman–Crippen MR) is 48.5 cm³/mol. The summed E-state index contributed by atoms with van der Waals surface area (Å²) in [5, 5.41) is 0. The van der Waals surface area contributed by atoms with Crippen molar-refractivity contribution in [2.75, 3.05) is 19.8 Å². The van der Waals surface area contributed by atoms with Crippen LogP contribution in [-0.2, 0) is 14.2 Å². The molecule has 1 aliphatic heterocycles. The zero-order valence-corrected chi connectivity index (χ0v) is 8.04. The summed E-state index contributed by atoms with van der Waals surface area (Å²) in [5.74, 6) is 0. The Labute approximate surface area is 79.4 Å². The minimum absolute atomic E-state index is 0.00870. The van der Waals surface area contributed by atoms with Crippen molar-refractivity contribution in [2.24, 2.45) is 0 Å². The largest absolute Gasteiger partial charge is 0.379 e. The van der Waals surface area contributed by atoms with Crippen molar-refractivity contribution >= 4 is 0 Å². The van der Waals surface area contributed by atoms with Crippen molar-refractivity contribution in [3.05, 3.63) is 0 Å². The first-order valence-electron chi connectivity index (χ1n) is 5.30. The third kappa shape index (κ3) is 2.93. The van der Waals surface area contributed by atoms with E-state index in [4.69, 9.17) is 14.2 Å². The third-order valence-corrected chi connectivity index (χ3v) is 2.68. The number of hydrogen-bond donors (Lipinski definition) is 0. The second kappa shape index (κ2) is 4.94.